The molecule has 0 saturated carbocycles. The second kappa shape index (κ2) is 28.8. The van der Waals surface area contributed by atoms with Gasteiger partial charge in [0, 0.05) is 86.6 Å². The SMILES string of the molecule is [Co].[Ni].[P].[Sn].[Zn]. The average molecular weight is 333 g/mol. The van der Waals surface area contributed by atoms with Crippen LogP contribution in [0, 0.1) is 0 Å². The maximum atomic E-state index is 0. The minimum absolute atomic E-state index is 0. The Kier molecular flexibility index (Phi) is 261. The molecule has 0 unspecified atom stereocenters. The predicted molar refractivity (Wildman–Crippen MR) is 12.7 cm³/mol. The Hall–Kier alpha value is 2.85. The van der Waals surface area contributed by atoms with E-state index in [4.69, 9.17) is 0 Å². The van der Waals surface area contributed by atoms with Gasteiger partial charge in [-0.3, -0.25) is 0 Å². The zero-order valence-electron chi connectivity index (χ0n) is 2.30. The van der Waals surface area contributed by atoms with Gasteiger partial charge in [0.1, 0.15) is 0 Å². The molecule has 0 spiro atoms. The molecule has 0 aliphatic heterocycles. The van der Waals surface area contributed by atoms with E-state index >= 15 is 0 Å². The van der Waals surface area contributed by atoms with Crippen molar-refractivity contribution in [2.24, 2.45) is 0 Å². The van der Waals surface area contributed by atoms with Gasteiger partial charge in [-0.25, -0.2) is 0 Å². The van der Waals surface area contributed by atoms with Crippen LogP contribution < -0.4 is 0 Å². The largest absolute Gasteiger partial charge is 0 e. The van der Waals surface area contributed by atoms with Crippen molar-refractivity contribution in [1.82, 2.24) is 0 Å². The molecule has 0 aromatic carbocycles. The molecular weight excluding hydrogens is 333 g/mol. The molecule has 5 heavy (non-hydrogen) atoms. The van der Waals surface area contributed by atoms with Crippen LogP contribution in [0.3, 0.4) is 0 Å². The summed E-state index contributed by atoms with van der Waals surface area (Å²) in [7, 11) is 0. The molecule has 0 aliphatic carbocycles. The minimum Gasteiger partial charge on any atom is 0 e. The van der Waals surface area contributed by atoms with Gasteiger partial charge in [0.25, 0.3) is 0 Å². The molecule has 0 amide bonds. The van der Waals surface area contributed by atoms with Gasteiger partial charge in [0.15, 0.2) is 0 Å². The van der Waals surface area contributed by atoms with E-state index < -0.39 is 0 Å². The molecular formula is CoNiPSnZn. The third kappa shape index (κ3) is 19.8. The van der Waals surface area contributed by atoms with Gasteiger partial charge in [-0.15, -0.1) is 0 Å². The Balaban J connectivity index is 0. The summed E-state index contributed by atoms with van der Waals surface area (Å²) in [6.07, 6.45) is 0. The standard InChI is InChI=1S/Co.Ni.P.Sn.Zn. The van der Waals surface area contributed by atoms with Gasteiger partial charge >= 0.3 is 0 Å². The predicted octanol–water partition coefficient (Wildman–Crippen LogP) is 0.473. The van der Waals surface area contributed by atoms with Crippen LogP contribution in [-0.2, 0) is 52.7 Å². The van der Waals surface area contributed by atoms with Gasteiger partial charge in [0.2, 0.25) is 0 Å². The third-order valence-electron chi connectivity index (χ3n) is 0. The molecule has 0 aromatic rings. The third-order valence-corrected chi connectivity index (χ3v) is 0. The molecule has 0 nitrogen and oxygen atoms in total. The van der Waals surface area contributed by atoms with Crippen molar-refractivity contribution in [2.75, 3.05) is 0 Å². The Morgan fingerprint density at radius 1 is 1.00 bits per heavy atom. The van der Waals surface area contributed by atoms with E-state index in [1.807, 2.05) is 0 Å². The molecule has 0 atom stereocenters. The van der Waals surface area contributed by atoms with Crippen LogP contribution in [0.5, 0.6) is 0 Å². The number of rotatable bonds is 0. The molecule has 0 fully saturated rings. The second-order valence-electron chi connectivity index (χ2n) is 0. The summed E-state index contributed by atoms with van der Waals surface area (Å²) in [5.41, 5.74) is 0. The Bertz CT molecular complexity index is 11.6. The number of hydrogen-bond acceptors (Lipinski definition) is 0. The first kappa shape index (κ1) is 45.3. The summed E-state index contributed by atoms with van der Waals surface area (Å²) in [5, 5.41) is 0. The molecule has 0 N–H and O–H groups in total. The van der Waals surface area contributed by atoms with E-state index in [1.54, 1.807) is 0 Å². The molecule has 0 aromatic heterocycles. The summed E-state index contributed by atoms with van der Waals surface area (Å²) in [6, 6.07) is 0. The zero-order valence-corrected chi connectivity index (χ0v) is 11.0. The van der Waals surface area contributed by atoms with Crippen LogP contribution in [-0.4, -0.2) is 23.9 Å². The van der Waals surface area contributed by atoms with E-state index in [0.717, 1.165) is 0 Å². The summed E-state index contributed by atoms with van der Waals surface area (Å²) >= 11 is 0. The van der Waals surface area contributed by atoms with Crippen molar-refractivity contribution in [3.8, 4) is 0 Å². The van der Waals surface area contributed by atoms with Crippen molar-refractivity contribution in [2.45, 2.75) is 0 Å². The minimum atomic E-state index is 0. The fourth-order valence-electron chi connectivity index (χ4n) is 0. The quantitative estimate of drug-likeness (QED) is 0.447. The van der Waals surface area contributed by atoms with Crippen LogP contribution in [0.15, 0.2) is 0 Å². The maximum absolute atomic E-state index is 0. The van der Waals surface area contributed by atoms with Crippen molar-refractivity contribution >= 4 is 33.8 Å². The summed E-state index contributed by atoms with van der Waals surface area (Å²) in [4.78, 5) is 0. The maximum Gasteiger partial charge on any atom is 0 e. The smallest absolute Gasteiger partial charge is 0 e. The Labute approximate surface area is 85.4 Å². The first-order valence-corrected chi connectivity index (χ1v) is 0. The number of hydrogen-bond donors (Lipinski definition) is 0. The molecule has 0 bridgehead atoms. The summed E-state index contributed by atoms with van der Waals surface area (Å²) in [6.45, 7) is 0. The van der Waals surface area contributed by atoms with Gasteiger partial charge in [0.05, 0.1) is 0 Å². The topological polar surface area (TPSA) is 0 Å². The first-order valence-electron chi connectivity index (χ1n) is 0. The summed E-state index contributed by atoms with van der Waals surface area (Å²) < 4.78 is 0. The van der Waals surface area contributed by atoms with E-state index in [2.05, 4.69) is 0 Å². The molecule has 0 heterocycles. The van der Waals surface area contributed by atoms with Crippen LogP contribution in [0.25, 0.3) is 0 Å². The van der Waals surface area contributed by atoms with Crippen molar-refractivity contribution in [1.29, 1.82) is 0 Å². The molecule has 5 heteroatoms. The van der Waals surface area contributed by atoms with Crippen LogP contribution in [0.1, 0.15) is 0 Å². The van der Waals surface area contributed by atoms with Crippen LogP contribution >= 0.6 is 9.90 Å². The van der Waals surface area contributed by atoms with E-state index in [1.165, 1.54) is 0 Å². The Morgan fingerprint density at radius 2 is 1.00 bits per heavy atom. The van der Waals surface area contributed by atoms with Crippen molar-refractivity contribution in [3.63, 3.8) is 0 Å². The van der Waals surface area contributed by atoms with E-state index in [0.29, 0.717) is 0 Å². The van der Waals surface area contributed by atoms with Gasteiger partial charge in [-0.2, -0.15) is 0 Å². The fraction of sp³-hybridized carbons (Fsp3) is 0. The van der Waals surface area contributed by atoms with Crippen molar-refractivity contribution < 1.29 is 52.7 Å². The van der Waals surface area contributed by atoms with Gasteiger partial charge in [-0.05, 0) is 0 Å². The van der Waals surface area contributed by atoms with Gasteiger partial charge < -0.3 is 0 Å². The fourth-order valence-corrected chi connectivity index (χ4v) is 0. The van der Waals surface area contributed by atoms with E-state index in [-0.39, 0.29) is 86.6 Å². The Morgan fingerprint density at radius 3 is 1.00 bits per heavy atom. The van der Waals surface area contributed by atoms with Crippen molar-refractivity contribution in [3.05, 3.63) is 0 Å². The molecule has 0 saturated heterocycles. The molecule has 0 aliphatic rings. The average Bonchev–Trinajstić information content (AvgIpc) is 0. The van der Waals surface area contributed by atoms with Gasteiger partial charge in [-0.1, -0.05) is 0 Å². The molecule has 8 radical (unpaired) electrons. The van der Waals surface area contributed by atoms with Crippen LogP contribution in [0.4, 0.5) is 0 Å². The first-order chi connectivity index (χ1) is 0. The normalized spacial score (nSPS) is 0. The summed E-state index contributed by atoms with van der Waals surface area (Å²) in [5.74, 6) is 0. The monoisotopic (exact) mass is 332 g/mol. The molecule has 0 rings (SSSR count). The zero-order chi connectivity index (χ0) is 0. The van der Waals surface area contributed by atoms with E-state index in [9.17, 15) is 0 Å². The second-order valence-corrected chi connectivity index (χ2v) is 0. The van der Waals surface area contributed by atoms with Crippen LogP contribution in [0.2, 0.25) is 0 Å². The molecule has 30 valence electrons.